The average Bonchev–Trinajstić information content (AvgIpc) is 3.21. The van der Waals surface area contributed by atoms with Crippen LogP contribution < -0.4 is 0 Å². The van der Waals surface area contributed by atoms with E-state index >= 15 is 0 Å². The van der Waals surface area contributed by atoms with Crippen LogP contribution in [0.5, 0.6) is 0 Å². The Balaban J connectivity index is 1.52. The first kappa shape index (κ1) is 21.0. The molecule has 0 atom stereocenters. The lowest BCUT2D eigenvalue weighted by atomic mass is 10.0. The van der Waals surface area contributed by atoms with Crippen molar-refractivity contribution in [1.29, 1.82) is 0 Å². The van der Waals surface area contributed by atoms with Gasteiger partial charge in [-0.15, -0.1) is 11.8 Å². The van der Waals surface area contributed by atoms with Gasteiger partial charge in [-0.05, 0) is 22.8 Å². The van der Waals surface area contributed by atoms with Crippen LogP contribution in [0.4, 0.5) is 5.69 Å². The van der Waals surface area contributed by atoms with Crippen molar-refractivity contribution >= 4 is 28.4 Å². The molecule has 5 rings (SSSR count). The number of nitrogens with zero attached hydrogens (tertiary/aromatic N) is 2. The van der Waals surface area contributed by atoms with E-state index in [2.05, 4.69) is 83.6 Å². The lowest BCUT2D eigenvalue weighted by Crippen LogP contribution is -1.98. The molecule has 0 bridgehead atoms. The third kappa shape index (κ3) is 4.54. The third-order valence-corrected chi connectivity index (χ3v) is 7.06. The Morgan fingerprint density at radius 2 is 1.33 bits per heavy atom. The first-order valence-electron chi connectivity index (χ1n) is 10.8. The topological polar surface area (TPSA) is 48.1 Å². The van der Waals surface area contributed by atoms with Crippen molar-refractivity contribution in [2.45, 2.75) is 16.7 Å². The van der Waals surface area contributed by atoms with Crippen molar-refractivity contribution in [3.63, 3.8) is 0 Å². The maximum atomic E-state index is 11.0. The summed E-state index contributed by atoms with van der Waals surface area (Å²) in [5, 5.41) is 12.4. The van der Waals surface area contributed by atoms with Gasteiger partial charge in [0.15, 0.2) is 0 Å². The van der Waals surface area contributed by atoms with Gasteiger partial charge >= 0.3 is 0 Å². The van der Waals surface area contributed by atoms with Crippen LogP contribution in [0.1, 0.15) is 21.9 Å². The summed E-state index contributed by atoms with van der Waals surface area (Å²) in [6.45, 7) is 0.653. The zero-order valence-electron chi connectivity index (χ0n) is 17.9. The molecular formula is C28H22N2O2S. The van der Waals surface area contributed by atoms with Crippen LogP contribution in [0, 0.1) is 10.1 Å². The first-order chi connectivity index (χ1) is 16.2. The highest BCUT2D eigenvalue weighted by atomic mass is 32.2. The second-order valence-corrected chi connectivity index (χ2v) is 9.03. The molecule has 1 aromatic heterocycles. The minimum absolute atomic E-state index is 0.112. The van der Waals surface area contributed by atoms with E-state index in [4.69, 9.17) is 0 Å². The highest BCUT2D eigenvalue weighted by molar-refractivity contribution is 8.00. The fourth-order valence-corrected chi connectivity index (χ4v) is 5.40. The minimum Gasteiger partial charge on any atom is -0.342 e. The zero-order valence-corrected chi connectivity index (χ0v) is 18.7. The number of rotatable bonds is 7. The number of para-hydroxylation sites is 1. The fourth-order valence-electron chi connectivity index (χ4n) is 4.07. The van der Waals surface area contributed by atoms with E-state index < -0.39 is 0 Å². The van der Waals surface area contributed by atoms with E-state index in [1.165, 1.54) is 21.4 Å². The summed E-state index contributed by atoms with van der Waals surface area (Å²) in [4.78, 5) is 11.8. The molecule has 5 heteroatoms. The van der Waals surface area contributed by atoms with Crippen molar-refractivity contribution in [3.05, 3.63) is 142 Å². The van der Waals surface area contributed by atoms with Gasteiger partial charge in [-0.1, -0.05) is 91.0 Å². The number of fused-ring (bicyclic) bond motifs is 1. The maximum Gasteiger partial charge on any atom is 0.269 e. The van der Waals surface area contributed by atoms with E-state index in [0.717, 1.165) is 11.1 Å². The number of aromatic nitrogens is 1. The van der Waals surface area contributed by atoms with E-state index in [0.29, 0.717) is 6.54 Å². The van der Waals surface area contributed by atoms with Crippen molar-refractivity contribution in [2.75, 3.05) is 0 Å². The summed E-state index contributed by atoms with van der Waals surface area (Å²) in [7, 11) is 0. The van der Waals surface area contributed by atoms with Crippen molar-refractivity contribution < 1.29 is 4.92 Å². The van der Waals surface area contributed by atoms with Crippen LogP contribution in [-0.2, 0) is 6.54 Å². The summed E-state index contributed by atoms with van der Waals surface area (Å²) >= 11 is 1.85. The van der Waals surface area contributed by atoms with Crippen molar-refractivity contribution in [1.82, 2.24) is 4.57 Å². The van der Waals surface area contributed by atoms with E-state index in [1.807, 2.05) is 36.0 Å². The highest BCUT2D eigenvalue weighted by Crippen LogP contribution is 2.43. The number of nitro groups is 1. The largest absolute Gasteiger partial charge is 0.342 e. The van der Waals surface area contributed by atoms with Gasteiger partial charge in [0.1, 0.15) is 0 Å². The molecule has 33 heavy (non-hydrogen) atoms. The molecule has 0 amide bonds. The van der Waals surface area contributed by atoms with Gasteiger partial charge in [0.05, 0.1) is 10.2 Å². The molecule has 0 unspecified atom stereocenters. The molecule has 0 aliphatic carbocycles. The average molecular weight is 451 g/mol. The van der Waals surface area contributed by atoms with Crippen LogP contribution in [0.25, 0.3) is 10.9 Å². The quantitative estimate of drug-likeness (QED) is 0.147. The van der Waals surface area contributed by atoms with Gasteiger partial charge < -0.3 is 4.57 Å². The predicted octanol–water partition coefficient (Wildman–Crippen LogP) is 7.48. The van der Waals surface area contributed by atoms with Gasteiger partial charge in [-0.2, -0.15) is 0 Å². The third-order valence-electron chi connectivity index (χ3n) is 5.70. The van der Waals surface area contributed by atoms with Crippen LogP contribution in [-0.4, -0.2) is 9.49 Å². The molecule has 0 fully saturated rings. The van der Waals surface area contributed by atoms with E-state index in [9.17, 15) is 10.1 Å². The second-order valence-electron chi connectivity index (χ2n) is 7.88. The monoisotopic (exact) mass is 450 g/mol. The molecule has 4 nitrogen and oxygen atoms in total. The normalized spacial score (nSPS) is 11.2. The summed E-state index contributed by atoms with van der Waals surface area (Å²) < 4.78 is 2.23. The van der Waals surface area contributed by atoms with Gasteiger partial charge in [0, 0.05) is 40.7 Å². The van der Waals surface area contributed by atoms with Crippen molar-refractivity contribution in [3.8, 4) is 0 Å². The van der Waals surface area contributed by atoms with Crippen LogP contribution in [0.3, 0.4) is 0 Å². The van der Waals surface area contributed by atoms with Crippen molar-refractivity contribution in [2.24, 2.45) is 0 Å². The van der Waals surface area contributed by atoms with Gasteiger partial charge in [0.2, 0.25) is 0 Å². The van der Waals surface area contributed by atoms with Gasteiger partial charge in [-0.3, -0.25) is 10.1 Å². The fraction of sp³-hybridized carbons (Fsp3) is 0.0714. The maximum absolute atomic E-state index is 11.0. The lowest BCUT2D eigenvalue weighted by molar-refractivity contribution is -0.384. The number of hydrogen-bond acceptors (Lipinski definition) is 3. The van der Waals surface area contributed by atoms with Gasteiger partial charge in [0.25, 0.3) is 5.69 Å². The molecule has 0 saturated carbocycles. The molecule has 162 valence electrons. The predicted molar refractivity (Wildman–Crippen MR) is 135 cm³/mol. The minimum atomic E-state index is -0.364. The van der Waals surface area contributed by atoms with E-state index in [-0.39, 0.29) is 15.9 Å². The van der Waals surface area contributed by atoms with Crippen LogP contribution in [0.2, 0.25) is 0 Å². The Kier molecular flexibility index (Phi) is 5.96. The smallest absolute Gasteiger partial charge is 0.269 e. The Bertz CT molecular complexity index is 1340. The molecule has 0 N–H and O–H groups in total. The molecule has 5 aromatic rings. The van der Waals surface area contributed by atoms with Crippen LogP contribution >= 0.6 is 11.8 Å². The molecular weight excluding hydrogens is 428 g/mol. The molecule has 0 aliphatic rings. The molecule has 0 spiro atoms. The summed E-state index contributed by atoms with van der Waals surface area (Å²) in [5.74, 6) is 0. The molecule has 0 aliphatic heterocycles. The second kappa shape index (κ2) is 9.35. The summed E-state index contributed by atoms with van der Waals surface area (Å²) in [6.07, 6.45) is 2.20. The standard InChI is InChI=1S/C28H22N2O2S/c31-30(32)24-17-15-21(16-18-24)19-29-20-27(25-13-7-8-14-26(25)29)33-28(22-9-3-1-4-10-22)23-11-5-2-6-12-23/h1-18,20,28H,19H2. The first-order valence-corrected chi connectivity index (χ1v) is 11.6. The Hall–Kier alpha value is -3.83. The highest BCUT2D eigenvalue weighted by Gasteiger charge is 2.19. The Labute approximate surface area is 196 Å². The lowest BCUT2D eigenvalue weighted by Gasteiger charge is -2.17. The zero-order chi connectivity index (χ0) is 22.6. The van der Waals surface area contributed by atoms with Crippen LogP contribution in [0.15, 0.2) is 120 Å². The summed E-state index contributed by atoms with van der Waals surface area (Å²) in [5.41, 5.74) is 4.82. The molecule has 4 aromatic carbocycles. The number of benzene rings is 4. The number of non-ortho nitro benzene ring substituents is 1. The van der Waals surface area contributed by atoms with E-state index in [1.54, 1.807) is 12.1 Å². The molecule has 0 radical (unpaired) electrons. The molecule has 1 heterocycles. The Morgan fingerprint density at radius 3 is 1.94 bits per heavy atom. The summed E-state index contributed by atoms with van der Waals surface area (Å²) in [6, 6.07) is 36.4. The Morgan fingerprint density at radius 1 is 0.758 bits per heavy atom. The number of nitro benzene ring substituents is 1. The molecule has 0 saturated heterocycles. The SMILES string of the molecule is O=[N+]([O-])c1ccc(Cn2cc(SC(c3ccccc3)c3ccccc3)c3ccccc32)cc1. The number of hydrogen-bond donors (Lipinski definition) is 0. The van der Waals surface area contributed by atoms with Gasteiger partial charge in [-0.25, -0.2) is 0 Å². The number of thioether (sulfide) groups is 1.